The van der Waals surface area contributed by atoms with Gasteiger partial charge in [0.2, 0.25) is 0 Å². The van der Waals surface area contributed by atoms with E-state index in [0.29, 0.717) is 48.9 Å². The number of morpholine rings is 1. The molecule has 2 aromatic carbocycles. The Labute approximate surface area is 181 Å². The van der Waals surface area contributed by atoms with E-state index in [9.17, 15) is 18.6 Å². The average molecular weight is 446 g/mol. The summed E-state index contributed by atoms with van der Waals surface area (Å²) in [5.74, 6) is -1.12. The number of benzene rings is 2. The molecule has 164 valence electrons. The van der Waals surface area contributed by atoms with E-state index in [-0.39, 0.29) is 17.2 Å². The highest BCUT2D eigenvalue weighted by Crippen LogP contribution is 2.36. The van der Waals surface area contributed by atoms with E-state index in [4.69, 9.17) is 9.47 Å². The standard InChI is InChI=1S/C22H24N2O6S/c1-2-29-16-7-9-17(10-8-16)31(27,28)23-20-15-21-22(26,19-6-4-3-5-18(19)20)30-14-12-24(21)11-13-25/h3-10,15,25-26H,2,11-14H2,1H3/p+1/t22-/m1/s1. The van der Waals surface area contributed by atoms with Crippen molar-refractivity contribution < 1.29 is 33.0 Å². The first kappa shape index (κ1) is 21.7. The molecule has 9 heteroatoms. The maximum atomic E-state index is 13.0. The summed E-state index contributed by atoms with van der Waals surface area (Å²) < 4.78 is 41.3. The van der Waals surface area contributed by atoms with Gasteiger partial charge in [-0.1, -0.05) is 24.3 Å². The number of nitrogens with zero attached hydrogens (tertiary/aromatic N) is 1. The SMILES string of the molecule is CCOc1ccc(S(=O)(=O)N=C2C=C3[NH+](CCO)CCO[C@]3(O)c3ccccc32)cc1. The molecule has 0 spiro atoms. The summed E-state index contributed by atoms with van der Waals surface area (Å²) in [6.07, 6.45) is 1.55. The van der Waals surface area contributed by atoms with E-state index in [2.05, 4.69) is 4.40 Å². The first-order valence-electron chi connectivity index (χ1n) is 10.1. The molecule has 1 unspecified atom stereocenters. The number of aliphatic hydroxyl groups is 2. The van der Waals surface area contributed by atoms with Crippen LogP contribution in [0.4, 0.5) is 0 Å². The van der Waals surface area contributed by atoms with Crippen molar-refractivity contribution in [3.63, 3.8) is 0 Å². The van der Waals surface area contributed by atoms with E-state index in [0.717, 1.165) is 4.90 Å². The van der Waals surface area contributed by atoms with Crippen molar-refractivity contribution in [3.05, 3.63) is 71.4 Å². The Kier molecular flexibility index (Phi) is 5.96. The van der Waals surface area contributed by atoms with Crippen LogP contribution in [-0.4, -0.2) is 57.3 Å². The maximum absolute atomic E-state index is 13.0. The lowest BCUT2D eigenvalue weighted by Gasteiger charge is -2.41. The van der Waals surface area contributed by atoms with Gasteiger partial charge >= 0.3 is 0 Å². The second-order valence-electron chi connectivity index (χ2n) is 7.28. The molecule has 2 atom stereocenters. The summed E-state index contributed by atoms with van der Waals surface area (Å²) in [6, 6.07) is 13.0. The summed E-state index contributed by atoms with van der Waals surface area (Å²) >= 11 is 0. The van der Waals surface area contributed by atoms with Crippen molar-refractivity contribution >= 4 is 15.7 Å². The predicted molar refractivity (Wildman–Crippen MR) is 113 cm³/mol. The number of hydrogen-bond donors (Lipinski definition) is 3. The lowest BCUT2D eigenvalue weighted by molar-refractivity contribution is -0.882. The number of hydrogen-bond acceptors (Lipinski definition) is 6. The van der Waals surface area contributed by atoms with Crippen LogP contribution in [0.2, 0.25) is 0 Å². The second-order valence-corrected chi connectivity index (χ2v) is 8.88. The molecular weight excluding hydrogens is 420 g/mol. The van der Waals surface area contributed by atoms with Gasteiger partial charge in [-0.15, -0.1) is 0 Å². The molecule has 0 amide bonds. The average Bonchev–Trinajstić information content (AvgIpc) is 2.76. The molecule has 2 aromatic rings. The largest absolute Gasteiger partial charge is 0.494 e. The fraction of sp³-hybridized carbons (Fsp3) is 0.318. The van der Waals surface area contributed by atoms with Gasteiger partial charge in [0.05, 0.1) is 23.8 Å². The number of aliphatic hydroxyl groups excluding tert-OH is 1. The molecule has 1 saturated heterocycles. The van der Waals surface area contributed by atoms with E-state index in [1.807, 2.05) is 6.92 Å². The molecule has 1 aliphatic heterocycles. The van der Waals surface area contributed by atoms with Gasteiger partial charge in [0.1, 0.15) is 25.4 Å². The molecule has 4 rings (SSSR count). The minimum Gasteiger partial charge on any atom is -0.494 e. The van der Waals surface area contributed by atoms with E-state index in [1.54, 1.807) is 42.5 Å². The molecular formula is C22H25N2O6S+. The van der Waals surface area contributed by atoms with Gasteiger partial charge in [-0.3, -0.25) is 4.90 Å². The number of fused-ring (bicyclic) bond motifs is 3. The fourth-order valence-electron chi connectivity index (χ4n) is 3.94. The first-order valence-corrected chi connectivity index (χ1v) is 11.5. The fourth-order valence-corrected chi connectivity index (χ4v) is 4.94. The van der Waals surface area contributed by atoms with Crippen LogP contribution in [0.5, 0.6) is 5.75 Å². The number of rotatable bonds is 6. The summed E-state index contributed by atoms with van der Waals surface area (Å²) in [7, 11) is -4.01. The van der Waals surface area contributed by atoms with Gasteiger partial charge in [0.25, 0.3) is 15.8 Å². The third-order valence-corrected chi connectivity index (χ3v) is 6.68. The molecule has 1 fully saturated rings. The van der Waals surface area contributed by atoms with Gasteiger partial charge in [-0.05, 0) is 31.2 Å². The van der Waals surface area contributed by atoms with Crippen LogP contribution in [0.15, 0.2) is 69.6 Å². The smallest absolute Gasteiger partial charge is 0.282 e. The Bertz CT molecular complexity index is 1120. The number of sulfonamides is 1. The van der Waals surface area contributed by atoms with Crippen LogP contribution in [0.3, 0.4) is 0 Å². The summed E-state index contributed by atoms with van der Waals surface area (Å²) in [4.78, 5) is 0.858. The number of quaternary nitrogens is 1. The lowest BCUT2D eigenvalue weighted by Crippen LogP contribution is -3.14. The zero-order valence-electron chi connectivity index (χ0n) is 17.1. The summed E-state index contributed by atoms with van der Waals surface area (Å²) in [5.41, 5.74) is 1.56. The van der Waals surface area contributed by atoms with Crippen LogP contribution in [0.1, 0.15) is 18.1 Å². The molecule has 31 heavy (non-hydrogen) atoms. The Balaban J connectivity index is 1.82. The Morgan fingerprint density at radius 1 is 1.19 bits per heavy atom. The van der Waals surface area contributed by atoms with Crippen molar-refractivity contribution in [2.75, 3.05) is 32.9 Å². The minimum absolute atomic E-state index is 0.0413. The van der Waals surface area contributed by atoms with Crippen LogP contribution in [0, 0.1) is 0 Å². The monoisotopic (exact) mass is 445 g/mol. The highest BCUT2D eigenvalue weighted by atomic mass is 32.2. The predicted octanol–water partition coefficient (Wildman–Crippen LogP) is 0.213. The highest BCUT2D eigenvalue weighted by molar-refractivity contribution is 7.90. The molecule has 0 radical (unpaired) electrons. The molecule has 0 aromatic heterocycles. The van der Waals surface area contributed by atoms with Crippen LogP contribution >= 0.6 is 0 Å². The van der Waals surface area contributed by atoms with Gasteiger partial charge in [0.15, 0.2) is 5.70 Å². The van der Waals surface area contributed by atoms with Crippen molar-refractivity contribution in [2.24, 2.45) is 4.40 Å². The van der Waals surface area contributed by atoms with Crippen LogP contribution in [-0.2, 0) is 20.5 Å². The minimum atomic E-state index is -4.01. The molecule has 1 heterocycles. The topological polar surface area (TPSA) is 110 Å². The van der Waals surface area contributed by atoms with E-state index >= 15 is 0 Å². The van der Waals surface area contributed by atoms with Gasteiger partial charge < -0.3 is 19.7 Å². The number of allylic oxidation sites excluding steroid dienone is 1. The van der Waals surface area contributed by atoms with Crippen molar-refractivity contribution in [2.45, 2.75) is 17.6 Å². The van der Waals surface area contributed by atoms with Crippen molar-refractivity contribution in [3.8, 4) is 5.75 Å². The Morgan fingerprint density at radius 2 is 1.94 bits per heavy atom. The van der Waals surface area contributed by atoms with Crippen molar-refractivity contribution in [1.29, 1.82) is 0 Å². The third-order valence-electron chi connectivity index (χ3n) is 5.37. The van der Waals surface area contributed by atoms with E-state index in [1.165, 1.54) is 12.1 Å². The molecule has 8 nitrogen and oxygen atoms in total. The van der Waals surface area contributed by atoms with Crippen LogP contribution < -0.4 is 9.64 Å². The summed E-state index contributed by atoms with van der Waals surface area (Å²) in [6.45, 7) is 3.45. The first-order chi connectivity index (χ1) is 14.9. The molecule has 2 aliphatic rings. The number of nitrogens with one attached hydrogen (secondary N) is 1. The van der Waals surface area contributed by atoms with Gasteiger partial charge in [0, 0.05) is 17.2 Å². The maximum Gasteiger partial charge on any atom is 0.282 e. The molecule has 1 aliphatic carbocycles. The molecule has 3 N–H and O–H groups in total. The normalized spacial score (nSPS) is 24.3. The van der Waals surface area contributed by atoms with Crippen molar-refractivity contribution in [1.82, 2.24) is 0 Å². The third kappa shape index (κ3) is 4.02. The van der Waals surface area contributed by atoms with Crippen LogP contribution in [0.25, 0.3) is 0 Å². The number of ether oxygens (including phenoxy) is 2. The van der Waals surface area contributed by atoms with E-state index < -0.39 is 15.8 Å². The lowest BCUT2D eigenvalue weighted by atomic mass is 9.86. The van der Waals surface area contributed by atoms with Gasteiger partial charge in [-0.25, -0.2) is 0 Å². The Hall–Kier alpha value is -2.56. The highest BCUT2D eigenvalue weighted by Gasteiger charge is 2.49. The zero-order chi connectivity index (χ0) is 22.1. The molecule has 0 bridgehead atoms. The second kappa shape index (κ2) is 8.52. The van der Waals surface area contributed by atoms with Gasteiger partial charge in [-0.2, -0.15) is 12.8 Å². The molecule has 0 saturated carbocycles. The Morgan fingerprint density at radius 3 is 2.65 bits per heavy atom. The summed E-state index contributed by atoms with van der Waals surface area (Å²) in [5, 5.41) is 20.8. The zero-order valence-corrected chi connectivity index (χ0v) is 17.9. The quantitative estimate of drug-likeness (QED) is 0.587.